The van der Waals surface area contributed by atoms with Crippen LogP contribution in [0.2, 0.25) is 0 Å². The van der Waals surface area contributed by atoms with Crippen molar-refractivity contribution >= 4 is 32.2 Å². The summed E-state index contributed by atoms with van der Waals surface area (Å²) in [6.45, 7) is 1.68. The Bertz CT molecular complexity index is 766. The molecule has 20 heavy (non-hydrogen) atoms. The fourth-order valence-corrected chi connectivity index (χ4v) is 3.22. The van der Waals surface area contributed by atoms with Gasteiger partial charge in [-0.1, -0.05) is 12.1 Å². The number of carbonyl (C=O) groups excluding carboxylic acids is 1. The Balaban J connectivity index is 2.24. The van der Waals surface area contributed by atoms with Gasteiger partial charge in [-0.05, 0) is 18.6 Å². The number of phenolic OH excluding ortho intramolecular Hbond substituents is 1. The lowest BCUT2D eigenvalue weighted by atomic mass is 10.1. The number of aromatic hydroxyl groups is 1. The molecule has 1 aromatic carbocycles. The molecule has 2 aromatic rings. The number of anilines is 1. The molecular formula is C12H12N2O4S2. The van der Waals surface area contributed by atoms with Crippen molar-refractivity contribution in [1.82, 2.24) is 4.98 Å². The average Bonchev–Trinajstić information content (AvgIpc) is 2.81. The van der Waals surface area contributed by atoms with E-state index in [-0.39, 0.29) is 21.5 Å². The fourth-order valence-electron chi connectivity index (χ4n) is 1.49. The minimum Gasteiger partial charge on any atom is -0.507 e. The van der Waals surface area contributed by atoms with Gasteiger partial charge in [-0.25, -0.2) is 13.4 Å². The number of aromatic nitrogens is 1. The Hall–Kier alpha value is -1.93. The molecule has 0 atom stereocenters. The number of carbonyl (C=O) groups is 1. The second-order valence-electron chi connectivity index (χ2n) is 4.19. The number of para-hydroxylation sites is 1. The molecule has 0 saturated carbocycles. The van der Waals surface area contributed by atoms with Gasteiger partial charge in [0.05, 0.1) is 5.56 Å². The smallest absolute Gasteiger partial charge is 0.261 e. The summed E-state index contributed by atoms with van der Waals surface area (Å²) in [7, 11) is -3.40. The highest BCUT2D eigenvalue weighted by atomic mass is 32.2. The molecule has 106 valence electrons. The fraction of sp³-hybridized carbons (Fsp3) is 0.167. The van der Waals surface area contributed by atoms with Crippen molar-refractivity contribution in [2.75, 3.05) is 11.6 Å². The summed E-state index contributed by atoms with van der Waals surface area (Å²) >= 11 is 1.01. The van der Waals surface area contributed by atoms with Crippen LogP contribution in [0.25, 0.3) is 0 Å². The van der Waals surface area contributed by atoms with Crippen LogP contribution in [0.15, 0.2) is 28.6 Å². The van der Waals surface area contributed by atoms with Crippen LogP contribution in [0.5, 0.6) is 5.75 Å². The normalized spacial score (nSPS) is 11.3. The highest BCUT2D eigenvalue weighted by Gasteiger charge is 2.16. The van der Waals surface area contributed by atoms with Gasteiger partial charge in [0.1, 0.15) is 5.75 Å². The maximum Gasteiger partial charge on any atom is 0.261 e. The molecule has 0 aliphatic heterocycles. The van der Waals surface area contributed by atoms with E-state index in [0.717, 1.165) is 17.6 Å². The predicted molar refractivity (Wildman–Crippen MR) is 76.0 cm³/mol. The maximum absolute atomic E-state index is 12.0. The Morgan fingerprint density at radius 1 is 1.40 bits per heavy atom. The standard InChI is InChI=1S/C12H12N2O4S2/c1-7-4-3-5-8(10(7)15)11(16)14-12-13-9(6-19-12)20(2,17)18/h3-6,15H,1-2H3,(H,13,14,16). The van der Waals surface area contributed by atoms with E-state index in [4.69, 9.17) is 0 Å². The molecule has 1 amide bonds. The molecule has 0 radical (unpaired) electrons. The van der Waals surface area contributed by atoms with Gasteiger partial charge in [0, 0.05) is 11.6 Å². The predicted octanol–water partition coefficient (Wildman–Crippen LogP) is 1.81. The number of nitrogens with one attached hydrogen (secondary N) is 1. The lowest BCUT2D eigenvalue weighted by Crippen LogP contribution is -2.12. The van der Waals surface area contributed by atoms with Crippen molar-refractivity contribution in [3.63, 3.8) is 0 Å². The summed E-state index contributed by atoms with van der Waals surface area (Å²) in [5.41, 5.74) is 0.690. The van der Waals surface area contributed by atoms with Crippen molar-refractivity contribution in [1.29, 1.82) is 0 Å². The lowest BCUT2D eigenvalue weighted by molar-refractivity contribution is 0.102. The van der Waals surface area contributed by atoms with Crippen LogP contribution in [-0.2, 0) is 9.84 Å². The van der Waals surface area contributed by atoms with Gasteiger partial charge in [0.25, 0.3) is 5.91 Å². The Morgan fingerprint density at radius 3 is 2.70 bits per heavy atom. The molecule has 0 fully saturated rings. The van der Waals surface area contributed by atoms with Gasteiger partial charge in [0.2, 0.25) is 0 Å². The van der Waals surface area contributed by atoms with Crippen LogP contribution >= 0.6 is 11.3 Å². The molecule has 0 bridgehead atoms. The quantitative estimate of drug-likeness (QED) is 0.901. The van der Waals surface area contributed by atoms with Gasteiger partial charge in [-0.2, -0.15) is 0 Å². The second-order valence-corrected chi connectivity index (χ2v) is 7.01. The van der Waals surface area contributed by atoms with E-state index >= 15 is 0 Å². The number of aryl methyl sites for hydroxylation is 1. The SMILES string of the molecule is Cc1cccc(C(=O)Nc2nc(S(C)(=O)=O)cs2)c1O. The largest absolute Gasteiger partial charge is 0.507 e. The zero-order valence-corrected chi connectivity index (χ0v) is 12.4. The number of nitrogens with zero attached hydrogens (tertiary/aromatic N) is 1. The lowest BCUT2D eigenvalue weighted by Gasteiger charge is -2.06. The molecule has 0 aliphatic rings. The summed E-state index contributed by atoms with van der Waals surface area (Å²) in [5, 5.41) is 13.7. The number of sulfone groups is 1. The molecule has 0 spiro atoms. The third kappa shape index (κ3) is 2.97. The van der Waals surface area contributed by atoms with Crippen LogP contribution in [0.1, 0.15) is 15.9 Å². The van der Waals surface area contributed by atoms with E-state index in [1.807, 2.05) is 0 Å². The zero-order valence-electron chi connectivity index (χ0n) is 10.7. The maximum atomic E-state index is 12.0. The van der Waals surface area contributed by atoms with Gasteiger partial charge >= 0.3 is 0 Å². The minimum atomic E-state index is -3.40. The summed E-state index contributed by atoms with van der Waals surface area (Å²) in [6.07, 6.45) is 1.04. The molecule has 0 aliphatic carbocycles. The van der Waals surface area contributed by atoms with Gasteiger partial charge in [-0.3, -0.25) is 10.1 Å². The first-order valence-corrected chi connectivity index (χ1v) is 8.31. The highest BCUT2D eigenvalue weighted by molar-refractivity contribution is 7.90. The first kappa shape index (κ1) is 14.5. The summed E-state index contributed by atoms with van der Waals surface area (Å²) < 4.78 is 22.6. The van der Waals surface area contributed by atoms with Crippen LogP contribution in [0.3, 0.4) is 0 Å². The van der Waals surface area contributed by atoms with Crippen molar-refractivity contribution < 1.29 is 18.3 Å². The second kappa shape index (κ2) is 5.22. The number of benzene rings is 1. The molecule has 1 aromatic heterocycles. The molecule has 0 saturated heterocycles. The van der Waals surface area contributed by atoms with Gasteiger partial charge in [0.15, 0.2) is 20.0 Å². The number of thiazole rings is 1. The van der Waals surface area contributed by atoms with Crippen molar-refractivity contribution in [3.05, 3.63) is 34.7 Å². The Kier molecular flexibility index (Phi) is 3.78. The number of rotatable bonds is 3. The first-order chi connectivity index (χ1) is 9.29. The number of phenols is 1. The molecule has 6 nitrogen and oxygen atoms in total. The monoisotopic (exact) mass is 312 g/mol. The van der Waals surface area contributed by atoms with E-state index in [1.54, 1.807) is 19.1 Å². The molecule has 2 N–H and O–H groups in total. The van der Waals surface area contributed by atoms with Crippen LogP contribution < -0.4 is 5.32 Å². The van der Waals surface area contributed by atoms with Crippen LogP contribution in [-0.4, -0.2) is 30.7 Å². The van der Waals surface area contributed by atoms with E-state index in [1.165, 1.54) is 11.4 Å². The van der Waals surface area contributed by atoms with Crippen LogP contribution in [0.4, 0.5) is 5.13 Å². The molecule has 0 unspecified atom stereocenters. The third-order valence-corrected chi connectivity index (χ3v) is 4.44. The van der Waals surface area contributed by atoms with E-state index in [2.05, 4.69) is 10.3 Å². The average molecular weight is 312 g/mol. The molecular weight excluding hydrogens is 300 g/mol. The summed E-state index contributed by atoms with van der Waals surface area (Å²) in [6, 6.07) is 4.80. The minimum absolute atomic E-state index is 0.0914. The molecule has 1 heterocycles. The van der Waals surface area contributed by atoms with Gasteiger partial charge < -0.3 is 5.11 Å². The molecule has 2 rings (SSSR count). The van der Waals surface area contributed by atoms with Crippen molar-refractivity contribution in [2.24, 2.45) is 0 Å². The van der Waals surface area contributed by atoms with Gasteiger partial charge in [-0.15, -0.1) is 11.3 Å². The van der Waals surface area contributed by atoms with Crippen molar-refractivity contribution in [2.45, 2.75) is 11.9 Å². The highest BCUT2D eigenvalue weighted by Crippen LogP contribution is 2.24. The first-order valence-electron chi connectivity index (χ1n) is 5.54. The number of hydrogen-bond acceptors (Lipinski definition) is 6. The van der Waals surface area contributed by atoms with Crippen LogP contribution in [0, 0.1) is 6.92 Å². The summed E-state index contributed by atoms with van der Waals surface area (Å²) in [4.78, 5) is 15.8. The van der Waals surface area contributed by atoms with E-state index in [0.29, 0.717) is 5.56 Å². The zero-order chi connectivity index (χ0) is 14.9. The number of hydrogen-bond donors (Lipinski definition) is 2. The van der Waals surface area contributed by atoms with E-state index < -0.39 is 15.7 Å². The topological polar surface area (TPSA) is 96.4 Å². The Morgan fingerprint density at radius 2 is 2.10 bits per heavy atom. The van der Waals surface area contributed by atoms with E-state index in [9.17, 15) is 18.3 Å². The summed E-state index contributed by atoms with van der Waals surface area (Å²) in [5.74, 6) is -0.648. The number of amides is 1. The molecule has 8 heteroatoms. The van der Waals surface area contributed by atoms with Crippen molar-refractivity contribution in [3.8, 4) is 5.75 Å². The Labute approximate surface area is 120 Å². The third-order valence-electron chi connectivity index (χ3n) is 2.57.